The van der Waals surface area contributed by atoms with Crippen LogP contribution in [0.1, 0.15) is 148 Å². The van der Waals surface area contributed by atoms with E-state index in [4.69, 9.17) is 0 Å². The number of rotatable bonds is 19. The van der Waals surface area contributed by atoms with Gasteiger partial charge in [-0.05, 0) is 45.1 Å². The highest BCUT2D eigenvalue weighted by Crippen LogP contribution is 2.17. The zero-order valence-corrected chi connectivity index (χ0v) is 20.5. The Morgan fingerprint density at radius 2 is 1.00 bits per heavy atom. The lowest BCUT2D eigenvalue weighted by molar-refractivity contribution is -0.716. The van der Waals surface area contributed by atoms with Gasteiger partial charge < -0.3 is 0 Å². The van der Waals surface area contributed by atoms with Gasteiger partial charge in [-0.3, -0.25) is 0 Å². The molecule has 0 fully saturated rings. The highest BCUT2D eigenvalue weighted by atomic mass is 15.0. The molecule has 0 unspecified atom stereocenters. The third-order valence-electron chi connectivity index (χ3n) is 6.36. The third kappa shape index (κ3) is 13.1. The van der Waals surface area contributed by atoms with Crippen LogP contribution in [0, 0.1) is 0 Å². The first-order valence-electron chi connectivity index (χ1n) is 13.2. The largest absolute Gasteiger partial charge is 0.203 e. The molecule has 0 aromatic carbocycles. The Morgan fingerprint density at radius 1 is 0.586 bits per heavy atom. The quantitative estimate of drug-likeness (QED) is 0.161. The minimum absolute atomic E-state index is 0.560. The van der Waals surface area contributed by atoms with Gasteiger partial charge in [0.15, 0.2) is 18.4 Å². The average Bonchev–Trinajstić information content (AvgIpc) is 2.72. The SMILES string of the molecule is CCCCCCCCCCc1cc[n+](C(C)C)cc1CCCCCCCCCC. The molecule has 0 saturated heterocycles. The maximum Gasteiger partial charge on any atom is 0.172 e. The highest BCUT2D eigenvalue weighted by molar-refractivity contribution is 5.21. The zero-order valence-electron chi connectivity index (χ0n) is 20.5. The molecule has 1 aromatic rings. The van der Waals surface area contributed by atoms with Gasteiger partial charge in [0.1, 0.15) is 0 Å². The van der Waals surface area contributed by atoms with Crippen LogP contribution in [-0.4, -0.2) is 0 Å². The van der Waals surface area contributed by atoms with Crippen molar-refractivity contribution in [3.05, 3.63) is 29.6 Å². The predicted octanol–water partition coefficient (Wildman–Crippen LogP) is 8.92. The van der Waals surface area contributed by atoms with Crippen LogP contribution < -0.4 is 4.57 Å². The normalized spacial score (nSPS) is 11.5. The molecule has 0 aliphatic rings. The molecule has 0 aliphatic carbocycles. The zero-order chi connectivity index (χ0) is 21.2. The summed E-state index contributed by atoms with van der Waals surface area (Å²) in [4.78, 5) is 0. The van der Waals surface area contributed by atoms with Gasteiger partial charge >= 0.3 is 0 Å². The summed E-state index contributed by atoms with van der Waals surface area (Å²) in [5.41, 5.74) is 3.24. The third-order valence-corrected chi connectivity index (χ3v) is 6.36. The molecule has 0 aliphatic heterocycles. The lowest BCUT2D eigenvalue weighted by Crippen LogP contribution is -2.36. The van der Waals surface area contributed by atoms with Gasteiger partial charge in [-0.15, -0.1) is 0 Å². The van der Waals surface area contributed by atoms with Crippen LogP contribution in [-0.2, 0) is 12.8 Å². The molecule has 0 saturated carbocycles. The Morgan fingerprint density at radius 3 is 1.45 bits per heavy atom. The molecule has 0 spiro atoms. The van der Waals surface area contributed by atoms with E-state index in [0.29, 0.717) is 6.04 Å². The molecular formula is C28H52N+. The maximum absolute atomic E-state index is 2.45. The number of nitrogens with zero attached hydrogens (tertiary/aromatic N) is 1. The van der Waals surface area contributed by atoms with Crippen molar-refractivity contribution in [1.29, 1.82) is 0 Å². The van der Waals surface area contributed by atoms with E-state index in [9.17, 15) is 0 Å². The molecule has 1 heteroatoms. The summed E-state index contributed by atoms with van der Waals surface area (Å²) in [6, 6.07) is 2.98. The first-order chi connectivity index (χ1) is 14.2. The van der Waals surface area contributed by atoms with Crippen molar-refractivity contribution in [1.82, 2.24) is 0 Å². The van der Waals surface area contributed by atoms with Crippen molar-refractivity contribution in [2.45, 2.75) is 149 Å². The van der Waals surface area contributed by atoms with E-state index in [2.05, 4.69) is 50.7 Å². The highest BCUT2D eigenvalue weighted by Gasteiger charge is 2.12. The van der Waals surface area contributed by atoms with Gasteiger partial charge in [0, 0.05) is 11.6 Å². The predicted molar refractivity (Wildman–Crippen MR) is 130 cm³/mol. The van der Waals surface area contributed by atoms with Gasteiger partial charge in [-0.25, -0.2) is 4.57 Å². The van der Waals surface area contributed by atoms with Crippen LogP contribution in [0.4, 0.5) is 0 Å². The van der Waals surface area contributed by atoms with E-state index < -0.39 is 0 Å². The maximum atomic E-state index is 2.45. The Labute approximate surface area is 183 Å². The molecule has 1 aromatic heterocycles. The second-order valence-electron chi connectivity index (χ2n) is 9.49. The Bertz CT molecular complexity index is 491. The van der Waals surface area contributed by atoms with E-state index in [-0.39, 0.29) is 0 Å². The molecule has 0 N–H and O–H groups in total. The first-order valence-corrected chi connectivity index (χ1v) is 13.2. The Hall–Kier alpha value is -0.850. The fourth-order valence-electron chi connectivity index (χ4n) is 4.28. The van der Waals surface area contributed by atoms with E-state index in [1.807, 2.05) is 0 Å². The lowest BCUT2D eigenvalue weighted by Gasteiger charge is -2.10. The van der Waals surface area contributed by atoms with Crippen molar-refractivity contribution < 1.29 is 4.57 Å². The molecule has 1 rings (SSSR count). The topological polar surface area (TPSA) is 3.88 Å². The first kappa shape index (κ1) is 26.2. The van der Waals surface area contributed by atoms with Crippen LogP contribution in [0.25, 0.3) is 0 Å². The molecule has 0 radical (unpaired) electrons. The number of aryl methyl sites for hydroxylation is 2. The monoisotopic (exact) mass is 402 g/mol. The summed E-state index contributed by atoms with van der Waals surface area (Å²) in [6.07, 6.45) is 29.9. The molecule has 0 amide bonds. The fraction of sp³-hybridized carbons (Fsp3) is 0.821. The minimum atomic E-state index is 0.560. The van der Waals surface area contributed by atoms with Gasteiger partial charge in [-0.1, -0.05) is 104 Å². The molecule has 1 nitrogen and oxygen atoms in total. The Balaban J connectivity index is 2.35. The Kier molecular flexibility index (Phi) is 16.2. The van der Waals surface area contributed by atoms with Crippen molar-refractivity contribution in [2.75, 3.05) is 0 Å². The summed E-state index contributed by atoms with van der Waals surface area (Å²) < 4.78 is 2.40. The van der Waals surface area contributed by atoms with E-state index in [1.54, 1.807) is 11.1 Å². The number of hydrogen-bond donors (Lipinski definition) is 0. The summed E-state index contributed by atoms with van der Waals surface area (Å²) >= 11 is 0. The summed E-state index contributed by atoms with van der Waals surface area (Å²) in [5, 5.41) is 0. The second kappa shape index (κ2) is 18.0. The van der Waals surface area contributed by atoms with Crippen LogP contribution in [0.3, 0.4) is 0 Å². The fourth-order valence-corrected chi connectivity index (χ4v) is 4.28. The van der Waals surface area contributed by atoms with Crippen LogP contribution in [0.5, 0.6) is 0 Å². The van der Waals surface area contributed by atoms with Crippen molar-refractivity contribution in [3.8, 4) is 0 Å². The van der Waals surface area contributed by atoms with Crippen LogP contribution >= 0.6 is 0 Å². The van der Waals surface area contributed by atoms with Gasteiger partial charge in [0.2, 0.25) is 0 Å². The molecule has 0 bridgehead atoms. The average molecular weight is 403 g/mol. The van der Waals surface area contributed by atoms with Gasteiger partial charge in [0.05, 0.1) is 0 Å². The summed E-state index contributed by atoms with van der Waals surface area (Å²) in [6.45, 7) is 9.18. The van der Waals surface area contributed by atoms with E-state index in [1.165, 1.54) is 116 Å². The molecule has 0 atom stereocenters. The van der Waals surface area contributed by atoms with Crippen molar-refractivity contribution >= 4 is 0 Å². The summed E-state index contributed by atoms with van der Waals surface area (Å²) in [5.74, 6) is 0. The minimum Gasteiger partial charge on any atom is -0.203 e. The van der Waals surface area contributed by atoms with E-state index >= 15 is 0 Å². The molecule has 168 valence electrons. The number of aromatic nitrogens is 1. The second-order valence-corrected chi connectivity index (χ2v) is 9.49. The summed E-state index contributed by atoms with van der Waals surface area (Å²) in [7, 11) is 0. The lowest BCUT2D eigenvalue weighted by atomic mass is 9.97. The number of pyridine rings is 1. The number of hydrogen-bond acceptors (Lipinski definition) is 0. The van der Waals surface area contributed by atoms with Crippen molar-refractivity contribution in [3.63, 3.8) is 0 Å². The smallest absolute Gasteiger partial charge is 0.172 e. The standard InChI is InChI=1S/C28H52N/c1-5-7-9-11-13-15-17-19-21-27-23-24-29(26(3)4)25-28(27)22-20-18-16-14-12-10-8-6-2/h23-26H,5-22H2,1-4H3/q+1. The van der Waals surface area contributed by atoms with Crippen molar-refractivity contribution in [2.24, 2.45) is 0 Å². The van der Waals surface area contributed by atoms with Crippen LogP contribution in [0.15, 0.2) is 18.5 Å². The van der Waals surface area contributed by atoms with Gasteiger partial charge in [-0.2, -0.15) is 0 Å². The van der Waals surface area contributed by atoms with Gasteiger partial charge in [0.25, 0.3) is 0 Å². The van der Waals surface area contributed by atoms with E-state index in [0.717, 1.165) is 0 Å². The molecule has 29 heavy (non-hydrogen) atoms. The van der Waals surface area contributed by atoms with Crippen LogP contribution in [0.2, 0.25) is 0 Å². The molecule has 1 heterocycles. The molecular weight excluding hydrogens is 350 g/mol. The number of unbranched alkanes of at least 4 members (excludes halogenated alkanes) is 14.